The minimum atomic E-state index is -0.456. The van der Waals surface area contributed by atoms with Crippen LogP contribution < -0.4 is 16.0 Å². The van der Waals surface area contributed by atoms with E-state index in [2.05, 4.69) is 87.4 Å². The van der Waals surface area contributed by atoms with Crippen LogP contribution in [0.25, 0.3) is 27.9 Å². The molecular formula is C42H45N11O4. The van der Waals surface area contributed by atoms with Gasteiger partial charge in [-0.05, 0) is 73.7 Å². The first kappa shape index (κ1) is 37.6. The van der Waals surface area contributed by atoms with E-state index in [1.54, 1.807) is 18.7 Å². The van der Waals surface area contributed by atoms with E-state index in [0.29, 0.717) is 31.0 Å². The second-order valence-electron chi connectivity index (χ2n) is 15.9. The number of piperidine rings is 2. The molecule has 57 heavy (non-hydrogen) atoms. The number of aromatic nitrogens is 7. The van der Waals surface area contributed by atoms with Gasteiger partial charge in [0.15, 0.2) is 0 Å². The summed E-state index contributed by atoms with van der Waals surface area (Å²) < 4.78 is 7.13. The van der Waals surface area contributed by atoms with Crippen LogP contribution in [-0.4, -0.2) is 76.5 Å². The first-order valence-corrected chi connectivity index (χ1v) is 19.3. The Kier molecular flexibility index (Phi) is 10.3. The predicted octanol–water partition coefficient (Wildman–Crippen LogP) is 5.37. The molecule has 0 spiro atoms. The summed E-state index contributed by atoms with van der Waals surface area (Å²) in [4.78, 5) is 56.8. The van der Waals surface area contributed by atoms with Crippen molar-refractivity contribution in [3.8, 4) is 22.4 Å². The van der Waals surface area contributed by atoms with E-state index in [0.717, 1.165) is 77.3 Å². The second-order valence-corrected chi connectivity index (χ2v) is 15.9. The van der Waals surface area contributed by atoms with Gasteiger partial charge in [0.2, 0.25) is 17.7 Å². The number of anilines is 1. The molecule has 2 saturated heterocycles. The summed E-state index contributed by atoms with van der Waals surface area (Å²) in [5, 5.41) is 16.8. The molecule has 15 nitrogen and oxygen atoms in total. The van der Waals surface area contributed by atoms with Gasteiger partial charge in [0.05, 0.1) is 29.3 Å². The van der Waals surface area contributed by atoms with Gasteiger partial charge >= 0.3 is 0 Å². The summed E-state index contributed by atoms with van der Waals surface area (Å²) in [6.07, 6.45) is 9.78. The average Bonchev–Trinajstić information content (AvgIpc) is 3.89. The Balaban J connectivity index is 0.858. The van der Waals surface area contributed by atoms with E-state index in [-0.39, 0.29) is 34.9 Å². The van der Waals surface area contributed by atoms with Crippen molar-refractivity contribution in [3.63, 3.8) is 0 Å². The smallest absolute Gasteiger partial charge is 0.292 e. The number of imide groups is 1. The second kappa shape index (κ2) is 15.7. The van der Waals surface area contributed by atoms with Crippen LogP contribution in [0, 0.1) is 6.92 Å². The van der Waals surface area contributed by atoms with Gasteiger partial charge in [-0.25, -0.2) is 19.5 Å². The highest BCUT2D eigenvalue weighted by Gasteiger charge is 2.28. The van der Waals surface area contributed by atoms with Gasteiger partial charge in [-0.1, -0.05) is 62.3 Å². The average molecular weight is 768 g/mol. The number of benzene rings is 2. The standard InChI is InChI=1S/C42H45N11O4/c1-25-17-29(9-10-30(25)19-45-40(56)38-50-41(57-51-38)42(2,3)4)36-34-18-31(23-53(34)47-24-46-36)27-7-5-26(6-8-27)22-52-15-13-28(14-16-52)37-43-20-32(21-44-37)48-33-11-12-35(54)49-39(33)55/h5-10,17-18,20-21,23-24,28,33,48H,11-16,19,22H2,1-4H3,(H,45,56)(H,49,54,55)/t33-/m0/s1. The van der Waals surface area contributed by atoms with Crippen molar-refractivity contribution < 1.29 is 18.9 Å². The van der Waals surface area contributed by atoms with E-state index in [1.807, 2.05) is 50.5 Å². The SMILES string of the molecule is Cc1cc(-c2ncnn3cc(-c4ccc(CN5CCC(c6ncc(N[C@H]7CCC(=O)NC7=O)cn6)CC5)cc4)cc23)ccc1CNC(=O)c1noc(C(C)(C)C)n1. The number of carbonyl (C=O) groups is 3. The number of rotatable bonds is 10. The molecule has 6 aromatic rings. The van der Waals surface area contributed by atoms with Crippen molar-refractivity contribution in [2.75, 3.05) is 18.4 Å². The summed E-state index contributed by atoms with van der Waals surface area (Å²) in [6.45, 7) is 11.0. The topological polar surface area (TPSA) is 185 Å². The lowest BCUT2D eigenvalue weighted by Crippen LogP contribution is -2.47. The number of likely N-dealkylation sites (tertiary alicyclic amines) is 1. The van der Waals surface area contributed by atoms with Crippen molar-refractivity contribution in [1.82, 2.24) is 50.2 Å². The largest absolute Gasteiger partial charge is 0.371 e. The van der Waals surface area contributed by atoms with E-state index in [1.165, 1.54) is 5.56 Å². The summed E-state index contributed by atoms with van der Waals surface area (Å²) in [7, 11) is 0. The van der Waals surface area contributed by atoms with Crippen molar-refractivity contribution in [2.45, 2.75) is 83.8 Å². The number of carbonyl (C=O) groups excluding carboxylic acids is 3. The van der Waals surface area contributed by atoms with Crippen LogP contribution in [0.5, 0.6) is 0 Å². The van der Waals surface area contributed by atoms with Crippen molar-refractivity contribution >= 4 is 28.9 Å². The molecule has 1 atom stereocenters. The molecule has 0 unspecified atom stereocenters. The number of hydrogen-bond donors (Lipinski definition) is 3. The highest BCUT2D eigenvalue weighted by molar-refractivity contribution is 6.01. The molecular weight excluding hydrogens is 723 g/mol. The lowest BCUT2D eigenvalue weighted by Gasteiger charge is -2.31. The molecule has 15 heteroatoms. The summed E-state index contributed by atoms with van der Waals surface area (Å²) in [6, 6.07) is 16.5. The molecule has 0 bridgehead atoms. The minimum Gasteiger partial charge on any atom is -0.371 e. The third kappa shape index (κ3) is 8.43. The molecule has 3 N–H and O–H groups in total. The van der Waals surface area contributed by atoms with Gasteiger partial charge in [-0.15, -0.1) is 0 Å². The summed E-state index contributed by atoms with van der Waals surface area (Å²) in [5.41, 5.74) is 8.40. The fourth-order valence-corrected chi connectivity index (χ4v) is 7.29. The maximum Gasteiger partial charge on any atom is 0.292 e. The molecule has 0 radical (unpaired) electrons. The Labute approximate surface area is 329 Å². The molecule has 2 fully saturated rings. The zero-order chi connectivity index (χ0) is 39.7. The molecule has 3 amide bonds. The maximum absolute atomic E-state index is 12.7. The molecule has 6 heterocycles. The quantitative estimate of drug-likeness (QED) is 0.152. The number of fused-ring (bicyclic) bond motifs is 1. The fraction of sp³-hybridized carbons (Fsp3) is 0.357. The first-order chi connectivity index (χ1) is 27.5. The van der Waals surface area contributed by atoms with Crippen molar-refractivity contribution in [2.24, 2.45) is 0 Å². The number of aryl methyl sites for hydroxylation is 1. The first-order valence-electron chi connectivity index (χ1n) is 19.3. The van der Waals surface area contributed by atoms with Gasteiger partial charge in [-0.3, -0.25) is 24.6 Å². The number of hydrogen-bond acceptors (Lipinski definition) is 12. The van der Waals surface area contributed by atoms with E-state index in [4.69, 9.17) is 4.52 Å². The van der Waals surface area contributed by atoms with E-state index >= 15 is 0 Å². The van der Waals surface area contributed by atoms with Gasteiger partial charge in [0.1, 0.15) is 18.2 Å². The third-order valence-electron chi connectivity index (χ3n) is 10.6. The molecule has 2 aromatic carbocycles. The Bertz CT molecular complexity index is 2430. The zero-order valence-electron chi connectivity index (χ0n) is 32.5. The number of nitrogens with one attached hydrogen (secondary N) is 3. The Hall–Kier alpha value is -6.35. The van der Waals surface area contributed by atoms with Gasteiger partial charge in [0, 0.05) is 48.2 Å². The van der Waals surface area contributed by atoms with Crippen LogP contribution >= 0.6 is 0 Å². The molecule has 0 saturated carbocycles. The Morgan fingerprint density at radius 3 is 2.40 bits per heavy atom. The van der Waals surface area contributed by atoms with Crippen LogP contribution in [0.4, 0.5) is 5.69 Å². The zero-order valence-corrected chi connectivity index (χ0v) is 32.5. The monoisotopic (exact) mass is 767 g/mol. The van der Waals surface area contributed by atoms with Crippen molar-refractivity contribution in [1.29, 1.82) is 0 Å². The summed E-state index contributed by atoms with van der Waals surface area (Å²) >= 11 is 0. The predicted molar refractivity (Wildman–Crippen MR) is 212 cm³/mol. The maximum atomic E-state index is 12.7. The van der Waals surface area contributed by atoms with Crippen LogP contribution in [-0.2, 0) is 28.1 Å². The lowest BCUT2D eigenvalue weighted by molar-refractivity contribution is -0.133. The number of nitrogens with zero attached hydrogens (tertiary/aromatic N) is 8. The Morgan fingerprint density at radius 1 is 0.947 bits per heavy atom. The lowest BCUT2D eigenvalue weighted by atomic mass is 9.95. The van der Waals surface area contributed by atoms with Crippen LogP contribution in [0.1, 0.15) is 91.4 Å². The van der Waals surface area contributed by atoms with E-state index in [9.17, 15) is 14.4 Å². The van der Waals surface area contributed by atoms with Gasteiger partial charge in [0.25, 0.3) is 11.7 Å². The Morgan fingerprint density at radius 2 is 1.70 bits per heavy atom. The minimum absolute atomic E-state index is 0.0210. The highest BCUT2D eigenvalue weighted by atomic mass is 16.5. The molecule has 2 aliphatic heterocycles. The van der Waals surface area contributed by atoms with Crippen molar-refractivity contribution in [3.05, 3.63) is 108 Å². The van der Waals surface area contributed by atoms with Crippen LogP contribution in [0.3, 0.4) is 0 Å². The third-order valence-corrected chi connectivity index (χ3v) is 10.6. The molecule has 292 valence electrons. The van der Waals surface area contributed by atoms with E-state index < -0.39 is 6.04 Å². The normalized spacial score (nSPS) is 16.8. The van der Waals surface area contributed by atoms with Gasteiger partial charge < -0.3 is 15.2 Å². The molecule has 2 aliphatic rings. The molecule has 4 aromatic heterocycles. The van der Waals surface area contributed by atoms with Crippen LogP contribution in [0.2, 0.25) is 0 Å². The molecule has 0 aliphatic carbocycles. The fourth-order valence-electron chi connectivity index (χ4n) is 7.29. The summed E-state index contributed by atoms with van der Waals surface area (Å²) in [5.74, 6) is 0.613. The highest BCUT2D eigenvalue weighted by Crippen LogP contribution is 2.31. The molecule has 8 rings (SSSR count). The number of amides is 3. The van der Waals surface area contributed by atoms with Crippen LogP contribution in [0.15, 0.2) is 78.0 Å². The van der Waals surface area contributed by atoms with Gasteiger partial charge in [-0.2, -0.15) is 10.1 Å².